The van der Waals surface area contributed by atoms with Gasteiger partial charge in [-0.1, -0.05) is 30.1 Å². The second-order valence-corrected chi connectivity index (χ2v) is 11.3. The van der Waals surface area contributed by atoms with E-state index >= 15 is 0 Å². The summed E-state index contributed by atoms with van der Waals surface area (Å²) in [5.41, 5.74) is 10.9. The Balaban J connectivity index is 0.00000241. The fourth-order valence-corrected chi connectivity index (χ4v) is 5.17. The Labute approximate surface area is 264 Å². The molecule has 0 aliphatic carbocycles. The molecule has 1 atom stereocenters. The number of fused-ring (bicyclic) bond motifs is 1. The lowest BCUT2D eigenvalue weighted by Gasteiger charge is -2.13. The normalized spacial score (nSPS) is 11.5. The number of azo groups is 2. The zero-order chi connectivity index (χ0) is 33.1. The van der Waals surface area contributed by atoms with Gasteiger partial charge in [-0.15, -0.1) is 15.3 Å². The molecule has 0 aliphatic heterocycles. The first-order valence-corrected chi connectivity index (χ1v) is 15.3. The number of phenolic OH excluding ortho intramolecular Hbond substituents is 1. The number of hydrogen-bond acceptors (Lipinski definition) is 16. The number of benzene rings is 4. The molecule has 0 spiro atoms. The van der Waals surface area contributed by atoms with Crippen molar-refractivity contribution in [3.63, 3.8) is 0 Å². The van der Waals surface area contributed by atoms with Crippen molar-refractivity contribution in [1.82, 2.24) is 0 Å². The predicted molar refractivity (Wildman–Crippen MR) is 172 cm³/mol. The van der Waals surface area contributed by atoms with Gasteiger partial charge in [-0.3, -0.25) is 0 Å². The first kappa shape index (κ1) is 36.9. The molecule has 46 heavy (non-hydrogen) atoms. The quantitative estimate of drug-likeness (QED) is 0.0377. The van der Waals surface area contributed by atoms with E-state index in [1.54, 1.807) is 26.0 Å². The van der Waals surface area contributed by atoms with Crippen LogP contribution in [0.15, 0.2) is 91.0 Å². The minimum Gasteiger partial charge on any atom is -0.505 e. The minimum absolute atomic E-state index is 0. The molecule has 0 radical (unpaired) electrons. The summed E-state index contributed by atoms with van der Waals surface area (Å²) in [4.78, 5) is 20.2. The predicted octanol–water partition coefficient (Wildman–Crippen LogP) is 7.44. The summed E-state index contributed by atoms with van der Waals surface area (Å²) in [6.45, 7) is 3.92. The Morgan fingerprint density at radius 1 is 0.891 bits per heavy atom. The van der Waals surface area contributed by atoms with Crippen LogP contribution < -0.4 is 26.4 Å². The van der Waals surface area contributed by atoms with Gasteiger partial charge < -0.3 is 20.3 Å². The Morgan fingerprint density at radius 3 is 2.07 bits per heavy atom. The monoisotopic (exact) mass is 673 g/mol. The minimum atomic E-state index is -4.54. The SMILES string of the molecule is C.CCOc1cc(N=Nc2c(S(=O)(=O)ON)cc3ccc(N)cc3c2O)c(OCC)cc1N=Nc1cccc([P+](=O)N=O)c1.N=O. The molecule has 0 aliphatic rings. The lowest BCUT2D eigenvalue weighted by Crippen LogP contribution is -2.11. The number of nitrogen functional groups attached to an aromatic ring is 1. The van der Waals surface area contributed by atoms with Crippen molar-refractivity contribution in [1.29, 1.82) is 5.59 Å². The molecule has 4 rings (SSSR count). The third-order valence-electron chi connectivity index (χ3n) is 5.77. The molecule has 0 bridgehead atoms. The molecule has 0 heterocycles. The van der Waals surface area contributed by atoms with E-state index in [9.17, 15) is 23.0 Å². The van der Waals surface area contributed by atoms with Crippen LogP contribution in [-0.4, -0.2) is 26.7 Å². The van der Waals surface area contributed by atoms with Crippen LogP contribution in [0.25, 0.3) is 10.8 Å². The lowest BCUT2D eigenvalue weighted by molar-refractivity contribution is 0.332. The largest absolute Gasteiger partial charge is 0.565 e. The number of nitrogens with zero attached hydrogens (tertiary/aromatic N) is 5. The van der Waals surface area contributed by atoms with E-state index in [-0.39, 0.29) is 54.2 Å². The number of rotatable bonds is 12. The van der Waals surface area contributed by atoms with Crippen molar-refractivity contribution in [2.45, 2.75) is 26.2 Å². The molecule has 19 heteroatoms. The average Bonchev–Trinajstić information content (AvgIpc) is 3.05. The highest BCUT2D eigenvalue weighted by Crippen LogP contribution is 2.45. The molecule has 6 N–H and O–H groups in total. The van der Waals surface area contributed by atoms with Crippen molar-refractivity contribution in [2.24, 2.45) is 31.3 Å². The highest BCUT2D eigenvalue weighted by Gasteiger charge is 2.25. The number of aromatic hydroxyl groups is 1. The van der Waals surface area contributed by atoms with Crippen LogP contribution in [0.5, 0.6) is 17.2 Å². The van der Waals surface area contributed by atoms with Crippen molar-refractivity contribution in [2.75, 3.05) is 18.9 Å². The number of hydrogen-bond donors (Lipinski definition) is 4. The summed E-state index contributed by atoms with van der Waals surface area (Å²) < 4.78 is 52.6. The van der Waals surface area contributed by atoms with Crippen molar-refractivity contribution in [3.05, 3.63) is 70.5 Å². The van der Waals surface area contributed by atoms with E-state index in [0.717, 1.165) is 0 Å². The summed E-state index contributed by atoms with van der Waals surface area (Å²) in [7, 11) is -6.99. The van der Waals surface area contributed by atoms with Gasteiger partial charge >= 0.3 is 18.1 Å². The molecule has 0 amide bonds. The molecular weight excluding hydrogens is 643 g/mol. The molecule has 0 saturated carbocycles. The fourth-order valence-electron chi connectivity index (χ4n) is 3.87. The number of nitrogens with one attached hydrogen (secondary N) is 1. The fraction of sp³-hybridized carbons (Fsp3) is 0.185. The van der Waals surface area contributed by atoms with Crippen LogP contribution in [0.1, 0.15) is 21.3 Å². The van der Waals surface area contributed by atoms with Crippen molar-refractivity contribution in [3.8, 4) is 17.2 Å². The molecule has 4 aromatic carbocycles. The molecule has 0 aromatic heterocycles. The van der Waals surface area contributed by atoms with Crippen LogP contribution in [0.4, 0.5) is 28.4 Å². The highest BCUT2D eigenvalue weighted by atomic mass is 32.2. The Bertz CT molecular complexity index is 1910. The summed E-state index contributed by atoms with van der Waals surface area (Å²) in [6.07, 6.45) is 0. The van der Waals surface area contributed by atoms with Gasteiger partial charge in [-0.25, -0.2) is 0 Å². The number of anilines is 1. The lowest BCUT2D eigenvalue weighted by atomic mass is 10.1. The zero-order valence-electron chi connectivity index (χ0n) is 23.6. The first-order chi connectivity index (χ1) is 21.6. The summed E-state index contributed by atoms with van der Waals surface area (Å²) in [5, 5.41) is 28.3. The van der Waals surface area contributed by atoms with E-state index in [4.69, 9.17) is 26.0 Å². The van der Waals surface area contributed by atoms with E-state index in [2.05, 4.69) is 35.3 Å². The maximum absolute atomic E-state index is 12.6. The van der Waals surface area contributed by atoms with E-state index in [0.29, 0.717) is 16.8 Å². The molecule has 1 unspecified atom stereocenters. The van der Waals surface area contributed by atoms with Gasteiger partial charge in [-0.2, -0.15) is 28.6 Å². The molecule has 17 nitrogen and oxygen atoms in total. The number of nitroso groups, excluding NO2 is 2. The average molecular weight is 674 g/mol. The Kier molecular flexibility index (Phi) is 13.4. The van der Waals surface area contributed by atoms with Gasteiger partial charge in [-0.05, 0) is 54.1 Å². The zero-order valence-corrected chi connectivity index (χ0v) is 25.4. The van der Waals surface area contributed by atoms with Gasteiger partial charge in [0.05, 0.1) is 18.9 Å². The summed E-state index contributed by atoms with van der Waals surface area (Å²) >= 11 is 0. The summed E-state index contributed by atoms with van der Waals surface area (Å²) in [5.74, 6) is 4.89. The van der Waals surface area contributed by atoms with Crippen molar-refractivity contribution < 1.29 is 31.8 Å². The van der Waals surface area contributed by atoms with E-state index in [1.807, 2.05) is 0 Å². The maximum atomic E-state index is 12.6. The summed E-state index contributed by atoms with van der Waals surface area (Å²) in [6, 6.07) is 14.7. The molecule has 0 saturated heterocycles. The van der Waals surface area contributed by atoms with Crippen molar-refractivity contribution >= 4 is 62.6 Å². The van der Waals surface area contributed by atoms with E-state index in [1.165, 1.54) is 48.5 Å². The van der Waals surface area contributed by atoms with Crippen LogP contribution >= 0.6 is 7.95 Å². The first-order valence-electron chi connectivity index (χ1n) is 12.7. The van der Waals surface area contributed by atoms with Gasteiger partial charge in [0.1, 0.15) is 33.5 Å². The number of nitrogens with two attached hydrogens (primary N) is 2. The third-order valence-corrected chi connectivity index (χ3v) is 7.74. The van der Waals surface area contributed by atoms with Crippen LogP contribution in [0.2, 0.25) is 0 Å². The number of phenols is 1. The third kappa shape index (κ3) is 8.45. The smallest absolute Gasteiger partial charge is 0.505 e. The van der Waals surface area contributed by atoms with Crippen LogP contribution in [0, 0.1) is 15.4 Å². The van der Waals surface area contributed by atoms with Gasteiger partial charge in [0, 0.05) is 29.3 Å². The Hall–Kier alpha value is -5.29. The molecule has 0 fully saturated rings. The second kappa shape index (κ2) is 16.7. The molecular formula is C27H30N8O9PS+. The van der Waals surface area contributed by atoms with Gasteiger partial charge in [0.2, 0.25) is 10.3 Å². The van der Waals surface area contributed by atoms with Crippen LogP contribution in [0.3, 0.4) is 0 Å². The Morgan fingerprint density at radius 2 is 1.50 bits per heavy atom. The van der Waals surface area contributed by atoms with Crippen LogP contribution in [-0.2, 0) is 19.0 Å². The highest BCUT2D eigenvalue weighted by molar-refractivity contribution is 7.86. The second-order valence-electron chi connectivity index (χ2n) is 8.53. The molecule has 242 valence electrons. The van der Waals surface area contributed by atoms with Gasteiger partial charge in [0.15, 0.2) is 5.75 Å². The molecule has 4 aromatic rings. The maximum Gasteiger partial charge on any atom is 0.565 e. The van der Waals surface area contributed by atoms with E-state index < -0.39 is 34.4 Å². The standard InChI is InChI=1S/C26H24N7O8PS.CH4.HNO/c1-3-39-22-14-21(23(40-4-2)13-20(22)30-29-17-6-5-7-18(12-17)42(36)33-35)31-32-25-24(43(37,38)41-28)10-15-8-9-16(27)11-19(15)26(25)34;;1-2/h5-14H,3-4,28H2,1-2H3,(H2-,27,29,30,31,32,33,34,35,36);1H4;1H/p+1. The topological polar surface area (TPSA) is 271 Å². The number of ether oxygens (including phenoxy) is 2. The van der Waals surface area contributed by atoms with Gasteiger partial charge in [0.25, 0.3) is 0 Å².